The van der Waals surface area contributed by atoms with Gasteiger partial charge in [-0.15, -0.1) is 0 Å². The average Bonchev–Trinajstić information content (AvgIpc) is 3.28. The lowest BCUT2D eigenvalue weighted by Crippen LogP contribution is -2.30. The van der Waals surface area contributed by atoms with Crippen molar-refractivity contribution in [2.24, 2.45) is 5.92 Å². The van der Waals surface area contributed by atoms with Crippen LogP contribution in [0.3, 0.4) is 0 Å². The van der Waals surface area contributed by atoms with E-state index in [2.05, 4.69) is 73.9 Å². The lowest BCUT2D eigenvalue weighted by atomic mass is 9.98. The molecule has 1 aliphatic rings. The van der Waals surface area contributed by atoms with Crippen LogP contribution in [0.4, 0.5) is 0 Å². The van der Waals surface area contributed by atoms with E-state index >= 15 is 0 Å². The summed E-state index contributed by atoms with van der Waals surface area (Å²) in [5, 5.41) is 3.53. The molecule has 0 bridgehead atoms. The van der Waals surface area contributed by atoms with E-state index in [1.165, 1.54) is 23.1 Å². The van der Waals surface area contributed by atoms with Crippen LogP contribution in [0.15, 0.2) is 54.6 Å². The van der Waals surface area contributed by atoms with Crippen molar-refractivity contribution in [1.82, 2.24) is 5.32 Å². The first-order valence-corrected chi connectivity index (χ1v) is 7.55. The van der Waals surface area contributed by atoms with Crippen LogP contribution in [0.2, 0.25) is 0 Å². The summed E-state index contributed by atoms with van der Waals surface area (Å²) in [7, 11) is 2.10. The predicted molar refractivity (Wildman–Crippen MR) is 85.0 cm³/mol. The van der Waals surface area contributed by atoms with E-state index < -0.39 is 0 Å². The van der Waals surface area contributed by atoms with E-state index in [1.54, 1.807) is 0 Å². The number of aryl methyl sites for hydroxylation is 1. The molecule has 0 aromatic heterocycles. The molecule has 1 saturated carbocycles. The zero-order valence-corrected chi connectivity index (χ0v) is 12.3. The Morgan fingerprint density at radius 1 is 1.05 bits per heavy atom. The second-order valence-electron chi connectivity index (χ2n) is 6.00. The second-order valence-corrected chi connectivity index (χ2v) is 6.00. The third-order valence-corrected chi connectivity index (χ3v) is 4.53. The molecule has 0 radical (unpaired) electrons. The first-order chi connectivity index (χ1) is 9.78. The summed E-state index contributed by atoms with van der Waals surface area (Å²) in [4.78, 5) is 0. The molecule has 1 nitrogen and oxygen atoms in total. The van der Waals surface area contributed by atoms with E-state index in [9.17, 15) is 0 Å². The van der Waals surface area contributed by atoms with Crippen molar-refractivity contribution in [3.8, 4) is 0 Å². The molecule has 1 aliphatic carbocycles. The highest BCUT2D eigenvalue weighted by atomic mass is 14.9. The van der Waals surface area contributed by atoms with Crippen molar-refractivity contribution >= 4 is 0 Å². The highest BCUT2D eigenvalue weighted by Crippen LogP contribution is 2.49. The molecule has 0 amide bonds. The summed E-state index contributed by atoms with van der Waals surface area (Å²) in [6.45, 7) is 2.14. The maximum atomic E-state index is 3.53. The average molecular weight is 265 g/mol. The smallest absolute Gasteiger partial charge is 0.0139 e. The quantitative estimate of drug-likeness (QED) is 0.863. The third-order valence-electron chi connectivity index (χ3n) is 4.53. The number of nitrogens with one attached hydrogen (secondary N) is 1. The topological polar surface area (TPSA) is 12.0 Å². The molecular weight excluding hydrogens is 242 g/mol. The van der Waals surface area contributed by atoms with Crippen LogP contribution < -0.4 is 5.32 Å². The Balaban J connectivity index is 1.65. The van der Waals surface area contributed by atoms with Crippen LogP contribution in [0.25, 0.3) is 0 Å². The Labute approximate surface area is 122 Å². The summed E-state index contributed by atoms with van der Waals surface area (Å²) in [5.74, 6) is 1.53. The molecule has 104 valence electrons. The fourth-order valence-corrected chi connectivity index (χ4v) is 3.19. The first kappa shape index (κ1) is 13.4. The van der Waals surface area contributed by atoms with Gasteiger partial charge in [-0.05, 0) is 49.8 Å². The van der Waals surface area contributed by atoms with E-state index in [-0.39, 0.29) is 0 Å². The van der Waals surface area contributed by atoms with Gasteiger partial charge in [-0.2, -0.15) is 0 Å². The lowest BCUT2D eigenvalue weighted by Gasteiger charge is -2.16. The summed E-state index contributed by atoms with van der Waals surface area (Å²) in [5.41, 5.74) is 4.28. The van der Waals surface area contributed by atoms with Crippen LogP contribution in [0.1, 0.15) is 29.0 Å². The zero-order chi connectivity index (χ0) is 13.9. The Morgan fingerprint density at radius 3 is 2.40 bits per heavy atom. The van der Waals surface area contributed by atoms with E-state index in [1.807, 2.05) is 0 Å². The molecule has 3 atom stereocenters. The van der Waals surface area contributed by atoms with Gasteiger partial charge in [0.2, 0.25) is 0 Å². The minimum Gasteiger partial charge on any atom is -0.316 e. The number of hydrogen-bond acceptors (Lipinski definition) is 1. The Kier molecular flexibility index (Phi) is 3.88. The Morgan fingerprint density at radius 2 is 1.75 bits per heavy atom. The maximum Gasteiger partial charge on any atom is 0.0139 e. The van der Waals surface area contributed by atoms with E-state index in [0.29, 0.717) is 6.04 Å². The number of likely N-dealkylation sites (N-methyl/N-ethyl adjacent to an activating group) is 1. The molecule has 0 spiro atoms. The third kappa shape index (κ3) is 2.94. The van der Waals surface area contributed by atoms with E-state index in [0.717, 1.165) is 18.3 Å². The van der Waals surface area contributed by atoms with Crippen molar-refractivity contribution < 1.29 is 0 Å². The van der Waals surface area contributed by atoms with Gasteiger partial charge in [0.1, 0.15) is 0 Å². The van der Waals surface area contributed by atoms with Gasteiger partial charge in [-0.25, -0.2) is 0 Å². The highest BCUT2D eigenvalue weighted by Gasteiger charge is 2.42. The van der Waals surface area contributed by atoms with Crippen molar-refractivity contribution in [3.05, 3.63) is 71.3 Å². The monoisotopic (exact) mass is 265 g/mol. The summed E-state index contributed by atoms with van der Waals surface area (Å²) in [6.07, 6.45) is 2.45. The predicted octanol–water partition coefficient (Wildman–Crippen LogP) is 3.93. The van der Waals surface area contributed by atoms with Crippen LogP contribution in [0, 0.1) is 12.8 Å². The van der Waals surface area contributed by atoms with Gasteiger partial charge < -0.3 is 5.32 Å². The molecule has 0 aliphatic heterocycles. The minimum atomic E-state index is 0.586. The number of benzene rings is 2. The largest absolute Gasteiger partial charge is 0.316 e. The lowest BCUT2D eigenvalue weighted by molar-refractivity contribution is 0.491. The maximum absolute atomic E-state index is 3.53. The fraction of sp³-hybridized carbons (Fsp3) is 0.368. The van der Waals surface area contributed by atoms with Gasteiger partial charge in [-0.1, -0.05) is 60.2 Å². The first-order valence-electron chi connectivity index (χ1n) is 7.55. The zero-order valence-electron chi connectivity index (χ0n) is 12.3. The summed E-state index contributed by atoms with van der Waals surface area (Å²) >= 11 is 0. The van der Waals surface area contributed by atoms with Crippen LogP contribution in [0.5, 0.6) is 0 Å². The van der Waals surface area contributed by atoms with Gasteiger partial charge in [0.05, 0.1) is 0 Å². The molecule has 20 heavy (non-hydrogen) atoms. The number of rotatable bonds is 5. The van der Waals surface area contributed by atoms with Crippen LogP contribution in [-0.2, 0) is 6.42 Å². The number of hydrogen-bond donors (Lipinski definition) is 1. The van der Waals surface area contributed by atoms with E-state index in [4.69, 9.17) is 0 Å². The van der Waals surface area contributed by atoms with Gasteiger partial charge in [0.25, 0.3) is 0 Å². The van der Waals surface area contributed by atoms with Crippen molar-refractivity contribution in [3.63, 3.8) is 0 Å². The molecule has 1 fully saturated rings. The molecule has 0 heterocycles. The molecule has 2 aromatic rings. The molecule has 3 unspecified atom stereocenters. The van der Waals surface area contributed by atoms with Crippen LogP contribution >= 0.6 is 0 Å². The molecule has 1 N–H and O–H groups in total. The molecule has 2 aromatic carbocycles. The highest BCUT2D eigenvalue weighted by molar-refractivity contribution is 5.28. The minimum absolute atomic E-state index is 0.586. The molecular formula is C19H23N. The van der Waals surface area contributed by atoms with Crippen molar-refractivity contribution in [2.75, 3.05) is 7.05 Å². The molecule has 0 saturated heterocycles. The Hall–Kier alpha value is -1.60. The van der Waals surface area contributed by atoms with Gasteiger partial charge in [0.15, 0.2) is 0 Å². The normalized spacial score (nSPS) is 22.5. The standard InChI is InChI=1S/C19H23N/c1-14-8-10-15(11-9-14)12-19(20-2)18-13-17(18)16-6-4-3-5-7-16/h3-11,17-20H,12-13H2,1-2H3. The van der Waals surface area contributed by atoms with Crippen molar-refractivity contribution in [1.29, 1.82) is 0 Å². The summed E-state index contributed by atoms with van der Waals surface area (Å²) in [6, 6.07) is 20.5. The van der Waals surface area contributed by atoms with Crippen molar-refractivity contribution in [2.45, 2.75) is 31.7 Å². The second kappa shape index (κ2) is 5.80. The van der Waals surface area contributed by atoms with Crippen LogP contribution in [-0.4, -0.2) is 13.1 Å². The SMILES string of the molecule is CNC(Cc1ccc(C)cc1)C1CC1c1ccccc1. The summed E-state index contributed by atoms with van der Waals surface area (Å²) < 4.78 is 0. The fourth-order valence-electron chi connectivity index (χ4n) is 3.19. The molecule has 1 heteroatoms. The van der Waals surface area contributed by atoms with Gasteiger partial charge in [-0.3, -0.25) is 0 Å². The molecule has 3 rings (SSSR count). The van der Waals surface area contributed by atoms with Gasteiger partial charge >= 0.3 is 0 Å². The Bertz CT molecular complexity index is 544. The van der Waals surface area contributed by atoms with Gasteiger partial charge in [0, 0.05) is 6.04 Å².